The van der Waals surface area contributed by atoms with Gasteiger partial charge in [-0.25, -0.2) is 4.98 Å². The average molecular weight is 300 g/mol. The van der Waals surface area contributed by atoms with Crippen molar-refractivity contribution in [1.82, 2.24) is 9.88 Å². The minimum atomic E-state index is 0.455. The molecule has 2 aliphatic heterocycles. The number of nitrogens with one attached hydrogen (secondary N) is 1. The van der Waals surface area contributed by atoms with Crippen LogP contribution in [0.15, 0.2) is 6.07 Å². The Morgan fingerprint density at radius 3 is 2.47 bits per heavy atom. The zero-order valence-electron chi connectivity index (χ0n) is 11.3. The van der Waals surface area contributed by atoms with Crippen LogP contribution < -0.4 is 5.32 Å². The van der Waals surface area contributed by atoms with Crippen LogP contribution >= 0.6 is 23.2 Å². The minimum absolute atomic E-state index is 0.455. The summed E-state index contributed by atoms with van der Waals surface area (Å²) < 4.78 is 0. The summed E-state index contributed by atoms with van der Waals surface area (Å²) in [5.41, 5.74) is 2.01. The molecule has 0 spiro atoms. The molecular weight excluding hydrogens is 281 g/mol. The Bertz CT molecular complexity index is 455. The summed E-state index contributed by atoms with van der Waals surface area (Å²) in [4.78, 5) is 6.66. The van der Waals surface area contributed by atoms with Crippen molar-refractivity contribution >= 4 is 28.9 Å². The van der Waals surface area contributed by atoms with Gasteiger partial charge in [-0.05, 0) is 51.3 Å². The number of rotatable bonds is 2. The van der Waals surface area contributed by atoms with Gasteiger partial charge in [0.1, 0.15) is 5.15 Å². The topological polar surface area (TPSA) is 28.2 Å². The van der Waals surface area contributed by atoms with E-state index in [0.717, 1.165) is 23.3 Å². The smallest absolute Gasteiger partial charge is 0.154 e. The molecule has 0 radical (unpaired) electrons. The Kier molecular flexibility index (Phi) is 3.63. The SMILES string of the molecule is Cc1cc(Cl)nc(Cl)c1NC1CC2CCC(C1)N2C. The van der Waals surface area contributed by atoms with Crippen molar-refractivity contribution in [3.63, 3.8) is 0 Å². The van der Waals surface area contributed by atoms with Crippen molar-refractivity contribution in [3.05, 3.63) is 21.9 Å². The number of fused-ring (bicyclic) bond motifs is 2. The van der Waals surface area contributed by atoms with Crippen LogP contribution in [0.3, 0.4) is 0 Å². The molecule has 2 aliphatic rings. The third-order valence-electron chi connectivity index (χ3n) is 4.59. The number of pyridine rings is 1. The van der Waals surface area contributed by atoms with Gasteiger partial charge in [-0.3, -0.25) is 0 Å². The maximum Gasteiger partial charge on any atom is 0.154 e. The maximum absolute atomic E-state index is 6.20. The fourth-order valence-electron chi connectivity index (χ4n) is 3.50. The van der Waals surface area contributed by atoms with E-state index in [9.17, 15) is 0 Å². The molecule has 3 rings (SSSR count). The molecule has 3 heterocycles. The van der Waals surface area contributed by atoms with E-state index < -0.39 is 0 Å². The van der Waals surface area contributed by atoms with Crippen LogP contribution in [0, 0.1) is 6.92 Å². The second-order valence-corrected chi connectivity index (χ2v) is 6.54. The van der Waals surface area contributed by atoms with Crippen LogP contribution in [0.1, 0.15) is 31.2 Å². The molecule has 104 valence electrons. The van der Waals surface area contributed by atoms with Gasteiger partial charge in [0, 0.05) is 18.1 Å². The quantitative estimate of drug-likeness (QED) is 0.843. The Labute approximate surface area is 124 Å². The van der Waals surface area contributed by atoms with Crippen LogP contribution in [0.25, 0.3) is 0 Å². The summed E-state index contributed by atoms with van der Waals surface area (Å²) in [5.74, 6) is 0. The van der Waals surface area contributed by atoms with Crippen LogP contribution in [-0.4, -0.2) is 35.1 Å². The van der Waals surface area contributed by atoms with Gasteiger partial charge in [0.25, 0.3) is 0 Å². The van der Waals surface area contributed by atoms with Crippen LogP contribution in [-0.2, 0) is 0 Å². The van der Waals surface area contributed by atoms with Gasteiger partial charge in [0.2, 0.25) is 0 Å². The van der Waals surface area contributed by atoms with Crippen LogP contribution in [0.2, 0.25) is 10.3 Å². The number of halogens is 2. The lowest BCUT2D eigenvalue weighted by molar-refractivity contribution is 0.169. The van der Waals surface area contributed by atoms with Crippen LogP contribution in [0.4, 0.5) is 5.69 Å². The number of nitrogens with zero attached hydrogens (tertiary/aromatic N) is 2. The lowest BCUT2D eigenvalue weighted by atomic mass is 9.97. The molecule has 2 saturated heterocycles. The van der Waals surface area contributed by atoms with E-state index in [1.807, 2.05) is 13.0 Å². The normalized spacial score (nSPS) is 30.6. The largest absolute Gasteiger partial charge is 0.379 e. The molecule has 1 aromatic rings. The van der Waals surface area contributed by atoms with E-state index in [1.165, 1.54) is 25.7 Å². The molecule has 0 aliphatic carbocycles. The number of hydrogen-bond acceptors (Lipinski definition) is 3. The molecule has 2 atom stereocenters. The third-order valence-corrected chi connectivity index (χ3v) is 5.06. The molecule has 5 heteroatoms. The first-order valence-corrected chi connectivity index (χ1v) is 7.61. The minimum Gasteiger partial charge on any atom is -0.379 e. The second kappa shape index (κ2) is 5.12. The highest BCUT2D eigenvalue weighted by molar-refractivity contribution is 6.34. The lowest BCUT2D eigenvalue weighted by Gasteiger charge is -2.37. The Balaban J connectivity index is 1.76. The maximum atomic E-state index is 6.20. The average Bonchev–Trinajstić information content (AvgIpc) is 2.58. The number of aryl methyl sites for hydroxylation is 1. The van der Waals surface area contributed by atoms with Gasteiger partial charge in [0.05, 0.1) is 5.69 Å². The number of anilines is 1. The van der Waals surface area contributed by atoms with E-state index in [4.69, 9.17) is 23.2 Å². The summed E-state index contributed by atoms with van der Waals surface area (Å²) in [6.07, 6.45) is 5.02. The first-order valence-electron chi connectivity index (χ1n) is 6.85. The summed E-state index contributed by atoms with van der Waals surface area (Å²) in [7, 11) is 2.25. The first kappa shape index (κ1) is 13.5. The van der Waals surface area contributed by atoms with Crippen molar-refractivity contribution in [1.29, 1.82) is 0 Å². The molecule has 1 aromatic heterocycles. The van der Waals surface area contributed by atoms with Gasteiger partial charge in [-0.15, -0.1) is 0 Å². The predicted octanol–water partition coefficient (Wildman–Crippen LogP) is 3.73. The third kappa shape index (κ3) is 2.56. The highest BCUT2D eigenvalue weighted by atomic mass is 35.5. The Hall–Kier alpha value is -0.510. The molecule has 3 nitrogen and oxygen atoms in total. The summed E-state index contributed by atoms with van der Waals surface area (Å²) in [6, 6.07) is 3.79. The van der Waals surface area contributed by atoms with Crippen molar-refractivity contribution in [2.24, 2.45) is 0 Å². The van der Waals surface area contributed by atoms with Gasteiger partial charge >= 0.3 is 0 Å². The van der Waals surface area contributed by atoms with Crippen LogP contribution in [0.5, 0.6) is 0 Å². The van der Waals surface area contributed by atoms with Gasteiger partial charge in [0.15, 0.2) is 5.15 Å². The molecule has 0 aromatic carbocycles. The Morgan fingerprint density at radius 2 is 1.89 bits per heavy atom. The van der Waals surface area contributed by atoms with E-state index in [0.29, 0.717) is 16.3 Å². The molecule has 0 saturated carbocycles. The molecule has 2 unspecified atom stereocenters. The summed E-state index contributed by atoms with van der Waals surface area (Å²) in [5, 5.41) is 4.52. The molecule has 1 N–H and O–H groups in total. The Morgan fingerprint density at radius 1 is 1.26 bits per heavy atom. The standard InChI is InChI=1S/C14H19Cl2N3/c1-8-5-12(15)18-14(16)13(8)17-9-6-10-3-4-11(7-9)19(10)2/h5,9-11,17H,3-4,6-7H2,1-2H3. The summed E-state index contributed by atoms with van der Waals surface area (Å²) in [6.45, 7) is 2.02. The first-order chi connectivity index (χ1) is 9.04. The van der Waals surface area contributed by atoms with Crippen molar-refractivity contribution in [3.8, 4) is 0 Å². The predicted molar refractivity (Wildman–Crippen MR) is 80.2 cm³/mol. The van der Waals surface area contributed by atoms with Gasteiger partial charge in [-0.1, -0.05) is 23.2 Å². The van der Waals surface area contributed by atoms with Gasteiger partial charge in [-0.2, -0.15) is 0 Å². The van der Waals surface area contributed by atoms with Crippen molar-refractivity contribution in [2.45, 2.75) is 50.7 Å². The summed E-state index contributed by atoms with van der Waals surface area (Å²) >= 11 is 12.1. The highest BCUT2D eigenvalue weighted by Crippen LogP contribution is 2.37. The molecule has 2 bridgehead atoms. The van der Waals surface area contributed by atoms with E-state index in [-0.39, 0.29) is 0 Å². The lowest BCUT2D eigenvalue weighted by Crippen LogP contribution is -2.44. The zero-order valence-corrected chi connectivity index (χ0v) is 12.8. The van der Waals surface area contributed by atoms with E-state index in [2.05, 4.69) is 22.2 Å². The van der Waals surface area contributed by atoms with Gasteiger partial charge < -0.3 is 10.2 Å². The fraction of sp³-hybridized carbons (Fsp3) is 0.643. The monoisotopic (exact) mass is 299 g/mol. The number of piperidine rings is 1. The molecule has 19 heavy (non-hydrogen) atoms. The zero-order chi connectivity index (χ0) is 13.6. The van der Waals surface area contributed by atoms with Crippen molar-refractivity contribution < 1.29 is 0 Å². The number of aromatic nitrogens is 1. The fourth-order valence-corrected chi connectivity index (χ4v) is 4.09. The molecular formula is C14H19Cl2N3. The van der Waals surface area contributed by atoms with Crippen molar-refractivity contribution in [2.75, 3.05) is 12.4 Å². The second-order valence-electron chi connectivity index (χ2n) is 5.79. The molecule has 2 fully saturated rings. The highest BCUT2D eigenvalue weighted by Gasteiger charge is 2.38. The molecule has 0 amide bonds. The van der Waals surface area contributed by atoms with E-state index in [1.54, 1.807) is 0 Å². The number of hydrogen-bond donors (Lipinski definition) is 1. The van der Waals surface area contributed by atoms with E-state index >= 15 is 0 Å².